The van der Waals surface area contributed by atoms with Gasteiger partial charge >= 0.3 is 6.03 Å². The molecule has 19 heavy (non-hydrogen) atoms. The summed E-state index contributed by atoms with van der Waals surface area (Å²) in [6.45, 7) is 9.34. The van der Waals surface area contributed by atoms with Crippen LogP contribution in [0.1, 0.15) is 34.1 Å². The molecule has 2 atom stereocenters. The molecule has 5 nitrogen and oxygen atoms in total. The van der Waals surface area contributed by atoms with Gasteiger partial charge in [0, 0.05) is 19.6 Å². The Morgan fingerprint density at radius 2 is 1.79 bits per heavy atom. The largest absolute Gasteiger partial charge is 0.392 e. The monoisotopic (exact) mass is 273 g/mol. The second kappa shape index (κ2) is 7.70. The summed E-state index contributed by atoms with van der Waals surface area (Å²) < 4.78 is 0. The van der Waals surface area contributed by atoms with E-state index in [1.54, 1.807) is 14.0 Å². The fraction of sp³-hybridized carbons (Fsp3) is 0.929. The average Bonchev–Trinajstić information content (AvgIpc) is 2.20. The summed E-state index contributed by atoms with van der Waals surface area (Å²) in [5, 5.41) is 12.4. The second-order valence-electron chi connectivity index (χ2n) is 6.69. The van der Waals surface area contributed by atoms with Crippen LogP contribution in [0.15, 0.2) is 0 Å². The topological polar surface area (TPSA) is 55.8 Å². The predicted molar refractivity (Wildman–Crippen MR) is 79.3 cm³/mol. The van der Waals surface area contributed by atoms with Crippen LogP contribution in [0.4, 0.5) is 4.79 Å². The molecular formula is C14H31N3O2. The zero-order chi connectivity index (χ0) is 15.2. The van der Waals surface area contributed by atoms with Gasteiger partial charge in [-0.3, -0.25) is 0 Å². The summed E-state index contributed by atoms with van der Waals surface area (Å²) >= 11 is 0. The summed E-state index contributed by atoms with van der Waals surface area (Å²) in [5.41, 5.74) is 0.0113. The summed E-state index contributed by atoms with van der Waals surface area (Å²) in [7, 11) is 5.76. The maximum atomic E-state index is 12.1. The number of rotatable bonds is 6. The van der Waals surface area contributed by atoms with Crippen molar-refractivity contribution in [1.29, 1.82) is 0 Å². The molecule has 2 amide bonds. The molecule has 0 heterocycles. The number of likely N-dealkylation sites (N-methyl/N-ethyl adjacent to an activating group) is 1. The molecule has 5 heteroatoms. The molecular weight excluding hydrogens is 242 g/mol. The van der Waals surface area contributed by atoms with Crippen molar-refractivity contribution in [3.05, 3.63) is 0 Å². The van der Waals surface area contributed by atoms with Crippen molar-refractivity contribution in [1.82, 2.24) is 15.1 Å². The number of carbonyl (C=O) groups excluding carboxylic acids is 1. The van der Waals surface area contributed by atoms with Crippen LogP contribution < -0.4 is 5.32 Å². The Balaban J connectivity index is 4.51. The van der Waals surface area contributed by atoms with Gasteiger partial charge in [-0.1, -0.05) is 20.8 Å². The van der Waals surface area contributed by atoms with E-state index in [1.807, 2.05) is 14.1 Å². The maximum Gasteiger partial charge on any atom is 0.317 e. The highest BCUT2D eigenvalue weighted by molar-refractivity contribution is 5.74. The number of carbonyl (C=O) groups is 1. The smallest absolute Gasteiger partial charge is 0.317 e. The molecule has 0 aliphatic carbocycles. The van der Waals surface area contributed by atoms with Crippen molar-refractivity contribution < 1.29 is 9.90 Å². The van der Waals surface area contributed by atoms with Crippen molar-refractivity contribution in [3.63, 3.8) is 0 Å². The van der Waals surface area contributed by atoms with E-state index in [0.717, 1.165) is 13.0 Å². The summed E-state index contributed by atoms with van der Waals surface area (Å²) in [6.07, 6.45) is 0.399. The number of hydrogen-bond donors (Lipinski definition) is 2. The second-order valence-corrected chi connectivity index (χ2v) is 6.69. The molecule has 0 saturated heterocycles. The zero-order valence-corrected chi connectivity index (χ0v) is 13.5. The Kier molecular flexibility index (Phi) is 7.37. The van der Waals surface area contributed by atoms with Crippen molar-refractivity contribution in [2.75, 3.05) is 34.2 Å². The van der Waals surface area contributed by atoms with Gasteiger partial charge < -0.3 is 20.2 Å². The van der Waals surface area contributed by atoms with Gasteiger partial charge in [-0.15, -0.1) is 0 Å². The molecule has 0 radical (unpaired) electrons. The third kappa shape index (κ3) is 8.06. The Hall–Kier alpha value is -0.810. The van der Waals surface area contributed by atoms with Gasteiger partial charge in [0.1, 0.15) is 0 Å². The van der Waals surface area contributed by atoms with Crippen LogP contribution >= 0.6 is 0 Å². The van der Waals surface area contributed by atoms with Gasteiger partial charge in [0.2, 0.25) is 0 Å². The number of nitrogens with one attached hydrogen (secondary N) is 1. The maximum absolute atomic E-state index is 12.1. The number of hydrogen-bond acceptors (Lipinski definition) is 3. The van der Waals surface area contributed by atoms with Crippen LogP contribution in [0.3, 0.4) is 0 Å². The minimum atomic E-state index is -0.509. The molecule has 0 aromatic carbocycles. The van der Waals surface area contributed by atoms with Crippen LogP contribution in [0.25, 0.3) is 0 Å². The number of nitrogens with zero attached hydrogens (tertiary/aromatic N) is 2. The van der Waals surface area contributed by atoms with Gasteiger partial charge in [-0.25, -0.2) is 4.79 Å². The van der Waals surface area contributed by atoms with Crippen LogP contribution in [0.5, 0.6) is 0 Å². The first-order valence-electron chi connectivity index (χ1n) is 6.88. The van der Waals surface area contributed by atoms with Crippen molar-refractivity contribution in [2.45, 2.75) is 46.3 Å². The molecule has 0 fully saturated rings. The standard InChI is InChI=1S/C14H31N3O2/c1-11(18)10-17(7)13(19)15-12(14(2,3)4)8-9-16(5)6/h11-12,18H,8-10H2,1-7H3,(H,15,19). The van der Waals surface area contributed by atoms with Gasteiger partial charge in [0.25, 0.3) is 0 Å². The van der Waals surface area contributed by atoms with E-state index >= 15 is 0 Å². The normalized spacial score (nSPS) is 15.2. The van der Waals surface area contributed by atoms with Gasteiger partial charge in [0.05, 0.1) is 6.10 Å². The fourth-order valence-electron chi connectivity index (χ4n) is 1.85. The van der Waals surface area contributed by atoms with Crippen LogP contribution in [-0.2, 0) is 0 Å². The van der Waals surface area contributed by atoms with E-state index < -0.39 is 6.10 Å². The molecule has 114 valence electrons. The van der Waals surface area contributed by atoms with E-state index in [9.17, 15) is 9.90 Å². The Bertz CT molecular complexity index is 272. The molecule has 0 aliphatic heterocycles. The quantitative estimate of drug-likeness (QED) is 0.768. The summed E-state index contributed by atoms with van der Waals surface area (Å²) in [6, 6.07) is -0.0153. The highest BCUT2D eigenvalue weighted by Gasteiger charge is 2.27. The Morgan fingerprint density at radius 1 is 1.26 bits per heavy atom. The van der Waals surface area contributed by atoms with E-state index in [1.165, 1.54) is 4.90 Å². The first-order chi connectivity index (χ1) is 8.54. The number of aliphatic hydroxyl groups is 1. The van der Waals surface area contributed by atoms with E-state index in [-0.39, 0.29) is 17.5 Å². The number of amides is 2. The highest BCUT2D eigenvalue weighted by Crippen LogP contribution is 2.22. The van der Waals surface area contributed by atoms with Crippen molar-refractivity contribution >= 4 is 6.03 Å². The first kappa shape index (κ1) is 18.2. The molecule has 0 saturated carbocycles. The Labute approximate surface area is 118 Å². The first-order valence-corrected chi connectivity index (χ1v) is 6.88. The van der Waals surface area contributed by atoms with Gasteiger partial charge in [0.15, 0.2) is 0 Å². The van der Waals surface area contributed by atoms with Gasteiger partial charge in [-0.05, 0) is 39.4 Å². The third-order valence-electron chi connectivity index (χ3n) is 3.09. The lowest BCUT2D eigenvalue weighted by molar-refractivity contribution is 0.136. The molecule has 2 N–H and O–H groups in total. The number of aliphatic hydroxyl groups excluding tert-OH is 1. The molecule has 0 rings (SSSR count). The molecule has 0 aromatic heterocycles. The lowest BCUT2D eigenvalue weighted by Gasteiger charge is -2.34. The lowest BCUT2D eigenvalue weighted by atomic mass is 9.84. The molecule has 2 unspecified atom stereocenters. The lowest BCUT2D eigenvalue weighted by Crippen LogP contribution is -2.50. The fourth-order valence-corrected chi connectivity index (χ4v) is 1.85. The SMILES string of the molecule is CC(O)CN(C)C(=O)NC(CCN(C)C)C(C)(C)C. The molecule has 0 spiro atoms. The Morgan fingerprint density at radius 3 is 2.16 bits per heavy atom. The average molecular weight is 273 g/mol. The van der Waals surface area contributed by atoms with E-state index in [4.69, 9.17) is 0 Å². The molecule has 0 aromatic rings. The summed E-state index contributed by atoms with van der Waals surface area (Å²) in [4.78, 5) is 15.7. The zero-order valence-electron chi connectivity index (χ0n) is 13.5. The van der Waals surface area contributed by atoms with Crippen molar-refractivity contribution in [2.24, 2.45) is 5.41 Å². The third-order valence-corrected chi connectivity index (χ3v) is 3.09. The van der Waals surface area contributed by atoms with Crippen LogP contribution in [-0.4, -0.2) is 67.3 Å². The molecule has 0 bridgehead atoms. The van der Waals surface area contributed by atoms with Crippen molar-refractivity contribution in [3.8, 4) is 0 Å². The van der Waals surface area contributed by atoms with Crippen LogP contribution in [0.2, 0.25) is 0 Å². The predicted octanol–water partition coefficient (Wildman–Crippen LogP) is 1.37. The van der Waals surface area contributed by atoms with E-state index in [2.05, 4.69) is 31.0 Å². The minimum Gasteiger partial charge on any atom is -0.392 e. The summed E-state index contributed by atoms with van der Waals surface area (Å²) in [5.74, 6) is 0. The van der Waals surface area contributed by atoms with Crippen LogP contribution in [0, 0.1) is 5.41 Å². The van der Waals surface area contributed by atoms with E-state index in [0.29, 0.717) is 6.54 Å². The molecule has 0 aliphatic rings. The van der Waals surface area contributed by atoms with Gasteiger partial charge in [-0.2, -0.15) is 0 Å². The highest BCUT2D eigenvalue weighted by atomic mass is 16.3. The number of urea groups is 1. The minimum absolute atomic E-state index is 0.0113.